The predicted molar refractivity (Wildman–Crippen MR) is 91.3 cm³/mol. The smallest absolute Gasteiger partial charge is 0.189 e. The van der Waals surface area contributed by atoms with E-state index in [1.807, 2.05) is 24.6 Å². The monoisotopic (exact) mass is 332 g/mol. The highest BCUT2D eigenvalue weighted by Crippen LogP contribution is 2.55. The Morgan fingerprint density at radius 3 is 2.64 bits per heavy atom. The maximum absolute atomic E-state index is 9.93. The zero-order valence-electron chi connectivity index (χ0n) is 14.5. The van der Waals surface area contributed by atoms with Gasteiger partial charge in [-0.05, 0) is 50.2 Å². The Balaban J connectivity index is 2.27. The average Bonchev–Trinajstić information content (AvgIpc) is 3.01. The van der Waals surface area contributed by atoms with E-state index in [1.165, 1.54) is 0 Å². The van der Waals surface area contributed by atoms with Crippen LogP contribution in [-0.4, -0.2) is 15.5 Å². The molecule has 2 aliphatic carbocycles. The second kappa shape index (κ2) is 6.19. The molecule has 1 heterocycles. The van der Waals surface area contributed by atoms with Gasteiger partial charge in [-0.1, -0.05) is 6.08 Å². The Hall–Kier alpha value is -2.91. The lowest BCUT2D eigenvalue weighted by molar-refractivity contribution is 0.319. The minimum absolute atomic E-state index is 0.0694. The van der Waals surface area contributed by atoms with E-state index >= 15 is 0 Å². The molecule has 1 aromatic heterocycles. The topological polar surface area (TPSA) is 113 Å². The van der Waals surface area contributed by atoms with E-state index in [0.29, 0.717) is 6.54 Å². The Bertz CT molecular complexity index is 855. The van der Waals surface area contributed by atoms with Crippen LogP contribution in [0, 0.1) is 63.6 Å². The first-order chi connectivity index (χ1) is 12.1. The van der Waals surface area contributed by atoms with Crippen LogP contribution in [0.15, 0.2) is 17.8 Å². The van der Waals surface area contributed by atoms with Crippen molar-refractivity contribution < 1.29 is 0 Å². The van der Waals surface area contributed by atoms with Crippen LogP contribution >= 0.6 is 0 Å². The summed E-state index contributed by atoms with van der Waals surface area (Å²) in [4.78, 5) is 0. The van der Waals surface area contributed by atoms with Gasteiger partial charge in [-0.2, -0.15) is 20.9 Å². The van der Waals surface area contributed by atoms with E-state index < -0.39 is 17.3 Å². The highest BCUT2D eigenvalue weighted by Gasteiger charge is 2.57. The number of allylic oxidation sites excluding steroid dienone is 2. The molecule has 0 aliphatic heterocycles. The third-order valence-electron chi connectivity index (χ3n) is 5.70. The quantitative estimate of drug-likeness (QED) is 0.837. The molecule has 3 rings (SSSR count). The standard InChI is InChI=1S/C19H20N6/c1-3-25-12(2)16(9-24-25)17-14-7-5-4-6-13(14)15(8-20)18(23)19(17,10-21)11-22/h6,9,14-15,17,23H,3-5,7H2,1-2H3/t14-,15+,17+/m0/s1. The van der Waals surface area contributed by atoms with Crippen molar-refractivity contribution in [3.63, 3.8) is 0 Å². The number of nitrogens with zero attached hydrogens (tertiary/aromatic N) is 5. The molecule has 6 nitrogen and oxygen atoms in total. The molecule has 1 N–H and O–H groups in total. The van der Waals surface area contributed by atoms with Gasteiger partial charge in [0.25, 0.3) is 0 Å². The van der Waals surface area contributed by atoms with Gasteiger partial charge in [-0.3, -0.25) is 4.68 Å². The van der Waals surface area contributed by atoms with Crippen molar-refractivity contribution >= 4 is 5.71 Å². The lowest BCUT2D eigenvalue weighted by Gasteiger charge is -2.45. The number of fused-ring (bicyclic) bond motifs is 1. The predicted octanol–water partition coefficient (Wildman–Crippen LogP) is 3.23. The third-order valence-corrected chi connectivity index (χ3v) is 5.70. The number of nitriles is 3. The Morgan fingerprint density at radius 2 is 2.08 bits per heavy atom. The number of rotatable bonds is 2. The first-order valence-electron chi connectivity index (χ1n) is 8.59. The van der Waals surface area contributed by atoms with Gasteiger partial charge in [0, 0.05) is 18.2 Å². The van der Waals surface area contributed by atoms with Crippen molar-refractivity contribution in [2.75, 3.05) is 0 Å². The number of hydrogen-bond donors (Lipinski definition) is 1. The van der Waals surface area contributed by atoms with Crippen LogP contribution in [-0.2, 0) is 6.54 Å². The van der Waals surface area contributed by atoms with Crippen LogP contribution in [0.25, 0.3) is 0 Å². The second-order valence-corrected chi connectivity index (χ2v) is 6.73. The van der Waals surface area contributed by atoms with Gasteiger partial charge in [-0.25, -0.2) is 0 Å². The molecule has 1 saturated carbocycles. The van der Waals surface area contributed by atoms with Gasteiger partial charge in [0.15, 0.2) is 5.41 Å². The molecule has 6 heteroatoms. The highest BCUT2D eigenvalue weighted by molar-refractivity contribution is 6.00. The third kappa shape index (κ3) is 2.20. The first kappa shape index (κ1) is 16.9. The van der Waals surface area contributed by atoms with Crippen LogP contribution in [0.4, 0.5) is 0 Å². The second-order valence-electron chi connectivity index (χ2n) is 6.73. The maximum Gasteiger partial charge on any atom is 0.189 e. The van der Waals surface area contributed by atoms with Crippen molar-refractivity contribution in [3.05, 3.63) is 29.1 Å². The number of hydrogen-bond acceptors (Lipinski definition) is 5. The molecule has 0 unspecified atom stereocenters. The minimum atomic E-state index is -1.62. The molecular weight excluding hydrogens is 312 g/mol. The van der Waals surface area contributed by atoms with Gasteiger partial charge in [0.1, 0.15) is 5.92 Å². The van der Waals surface area contributed by atoms with E-state index in [2.05, 4.69) is 23.3 Å². The van der Waals surface area contributed by atoms with E-state index in [4.69, 9.17) is 5.41 Å². The molecule has 0 aromatic carbocycles. The van der Waals surface area contributed by atoms with E-state index in [0.717, 1.165) is 36.1 Å². The summed E-state index contributed by atoms with van der Waals surface area (Å²) < 4.78 is 1.85. The number of aromatic nitrogens is 2. The summed E-state index contributed by atoms with van der Waals surface area (Å²) in [7, 11) is 0. The Kier molecular flexibility index (Phi) is 4.19. The lowest BCUT2D eigenvalue weighted by atomic mass is 9.53. The molecule has 0 bridgehead atoms. The average molecular weight is 332 g/mol. The molecule has 1 fully saturated rings. The Morgan fingerprint density at radius 1 is 1.36 bits per heavy atom. The highest BCUT2D eigenvalue weighted by atomic mass is 15.3. The van der Waals surface area contributed by atoms with Crippen molar-refractivity contribution in [2.45, 2.75) is 45.6 Å². The molecule has 0 saturated heterocycles. The van der Waals surface area contributed by atoms with Gasteiger partial charge < -0.3 is 5.41 Å². The molecule has 25 heavy (non-hydrogen) atoms. The van der Waals surface area contributed by atoms with E-state index in [-0.39, 0.29) is 11.6 Å². The molecule has 0 amide bonds. The van der Waals surface area contributed by atoms with Gasteiger partial charge >= 0.3 is 0 Å². The van der Waals surface area contributed by atoms with Crippen LogP contribution in [0.2, 0.25) is 0 Å². The van der Waals surface area contributed by atoms with Crippen molar-refractivity contribution in [1.29, 1.82) is 21.2 Å². The summed E-state index contributed by atoms with van der Waals surface area (Å²) in [6, 6.07) is 6.40. The summed E-state index contributed by atoms with van der Waals surface area (Å²) in [5.74, 6) is -1.30. The SMILES string of the molecule is CCn1ncc([C@H]2[C@H]3CCCC=C3[C@@H](C#N)C(=N)C2(C#N)C#N)c1C. The van der Waals surface area contributed by atoms with Crippen molar-refractivity contribution in [2.24, 2.45) is 17.3 Å². The van der Waals surface area contributed by atoms with Gasteiger partial charge in [-0.15, -0.1) is 0 Å². The Labute approximate surface area is 147 Å². The van der Waals surface area contributed by atoms with E-state index in [9.17, 15) is 15.8 Å². The molecule has 0 spiro atoms. The maximum atomic E-state index is 9.93. The van der Waals surface area contributed by atoms with E-state index in [1.54, 1.807) is 6.20 Å². The number of aryl methyl sites for hydroxylation is 1. The molecule has 3 atom stereocenters. The zero-order valence-corrected chi connectivity index (χ0v) is 14.5. The lowest BCUT2D eigenvalue weighted by Crippen LogP contribution is -2.48. The largest absolute Gasteiger partial charge is 0.305 e. The van der Waals surface area contributed by atoms with Crippen molar-refractivity contribution in [3.8, 4) is 18.2 Å². The molecule has 1 aromatic rings. The zero-order chi connectivity index (χ0) is 18.2. The fourth-order valence-corrected chi connectivity index (χ4v) is 4.44. The normalized spacial score (nSPS) is 27.4. The number of nitrogens with one attached hydrogen (secondary N) is 1. The minimum Gasteiger partial charge on any atom is -0.305 e. The molecule has 0 radical (unpaired) electrons. The summed E-state index contributed by atoms with van der Waals surface area (Å²) in [6.45, 7) is 4.64. The van der Waals surface area contributed by atoms with Crippen LogP contribution in [0.5, 0.6) is 0 Å². The summed E-state index contributed by atoms with van der Waals surface area (Å²) in [6.07, 6.45) is 6.44. The fraction of sp³-hybridized carbons (Fsp3) is 0.526. The van der Waals surface area contributed by atoms with Crippen molar-refractivity contribution in [1.82, 2.24) is 9.78 Å². The fourth-order valence-electron chi connectivity index (χ4n) is 4.44. The van der Waals surface area contributed by atoms with Crippen LogP contribution < -0.4 is 0 Å². The molecule has 126 valence electrons. The van der Waals surface area contributed by atoms with Crippen LogP contribution in [0.3, 0.4) is 0 Å². The summed E-state index contributed by atoms with van der Waals surface area (Å²) in [5, 5.41) is 42.4. The van der Waals surface area contributed by atoms with Crippen LogP contribution in [0.1, 0.15) is 43.4 Å². The summed E-state index contributed by atoms with van der Waals surface area (Å²) >= 11 is 0. The molecule has 2 aliphatic rings. The molecular formula is C19H20N6. The van der Waals surface area contributed by atoms with Gasteiger partial charge in [0.05, 0.1) is 30.1 Å². The first-order valence-corrected chi connectivity index (χ1v) is 8.59. The summed E-state index contributed by atoms with van der Waals surface area (Å²) in [5.41, 5.74) is 0.984. The van der Waals surface area contributed by atoms with Gasteiger partial charge in [0.2, 0.25) is 0 Å².